The molecule has 0 N–H and O–H groups in total. The summed E-state index contributed by atoms with van der Waals surface area (Å²) in [7, 11) is 1.35. The Morgan fingerprint density at radius 2 is 1.72 bits per heavy atom. The van der Waals surface area contributed by atoms with Crippen LogP contribution in [0.2, 0.25) is 0 Å². The lowest BCUT2D eigenvalue weighted by Crippen LogP contribution is -2.36. The molecule has 0 aliphatic heterocycles. The minimum Gasteiger partial charge on any atom is -0.467 e. The average molecular weight is 279 g/mol. The molecular formula is C13H23ClO4. The largest absolute Gasteiger partial charge is 0.467 e. The van der Waals surface area contributed by atoms with E-state index in [0.29, 0.717) is 13.0 Å². The molecule has 0 unspecified atom stereocenters. The molecule has 5 heteroatoms. The fourth-order valence-corrected chi connectivity index (χ4v) is 1.61. The van der Waals surface area contributed by atoms with Gasteiger partial charge < -0.3 is 9.47 Å². The van der Waals surface area contributed by atoms with E-state index in [-0.39, 0.29) is 17.6 Å². The molecule has 0 rings (SSSR count). The Morgan fingerprint density at radius 1 is 1.11 bits per heavy atom. The molecule has 0 radical (unpaired) electrons. The maximum absolute atomic E-state index is 11.3. The lowest BCUT2D eigenvalue weighted by molar-refractivity contribution is -0.165. The molecule has 0 saturated carbocycles. The molecule has 0 bridgehead atoms. The van der Waals surface area contributed by atoms with Gasteiger partial charge in [0, 0.05) is 13.0 Å². The van der Waals surface area contributed by atoms with Crippen molar-refractivity contribution in [2.75, 3.05) is 19.6 Å². The zero-order valence-electron chi connectivity index (χ0n) is 11.5. The van der Waals surface area contributed by atoms with E-state index in [9.17, 15) is 9.59 Å². The van der Waals surface area contributed by atoms with Crippen LogP contribution in [0.25, 0.3) is 0 Å². The molecule has 0 aromatic carbocycles. The molecule has 0 heterocycles. The van der Waals surface area contributed by atoms with Crippen molar-refractivity contribution in [1.82, 2.24) is 0 Å². The summed E-state index contributed by atoms with van der Waals surface area (Å²) in [5.41, 5.74) is -0.886. The molecule has 0 atom stereocenters. The minimum atomic E-state index is -0.886. The number of hydrogen-bond acceptors (Lipinski definition) is 4. The fourth-order valence-electron chi connectivity index (χ4n) is 1.48. The number of Topliss-reactive ketones (excluding diaryl/α,β-unsaturated/α-hetero) is 1. The Balaban J connectivity index is 3.51. The number of unbranched alkanes of at least 4 members (excludes halogenated alkanes) is 3. The molecule has 18 heavy (non-hydrogen) atoms. The van der Waals surface area contributed by atoms with Gasteiger partial charge in [0.25, 0.3) is 0 Å². The van der Waals surface area contributed by atoms with Crippen molar-refractivity contribution in [3.8, 4) is 0 Å². The minimum absolute atomic E-state index is 0.0970. The predicted molar refractivity (Wildman–Crippen MR) is 70.9 cm³/mol. The van der Waals surface area contributed by atoms with Gasteiger partial charge in [-0.15, -0.1) is 11.6 Å². The molecule has 0 fully saturated rings. The van der Waals surface area contributed by atoms with E-state index in [0.717, 1.165) is 25.7 Å². The summed E-state index contributed by atoms with van der Waals surface area (Å²) in [6.07, 6.45) is 4.25. The van der Waals surface area contributed by atoms with Crippen molar-refractivity contribution in [2.45, 2.75) is 51.6 Å². The lowest BCUT2D eigenvalue weighted by atomic mass is 10.1. The highest BCUT2D eigenvalue weighted by molar-refractivity contribution is 6.27. The summed E-state index contributed by atoms with van der Waals surface area (Å²) in [6, 6.07) is 0. The predicted octanol–water partition coefficient (Wildman–Crippen LogP) is 2.71. The van der Waals surface area contributed by atoms with Crippen LogP contribution in [-0.2, 0) is 19.1 Å². The third-order valence-electron chi connectivity index (χ3n) is 2.64. The standard InChI is InChI=1S/C13H23ClO4/c1-13(2,12(16)17-3)18-9-7-5-4-6-8-11(15)10-14/h4-10H2,1-3H3. The van der Waals surface area contributed by atoms with Crippen LogP contribution < -0.4 is 0 Å². The molecule has 106 valence electrons. The number of ether oxygens (including phenoxy) is 2. The first kappa shape index (κ1) is 17.4. The number of rotatable bonds is 10. The molecule has 0 amide bonds. The number of esters is 1. The highest BCUT2D eigenvalue weighted by Crippen LogP contribution is 2.13. The van der Waals surface area contributed by atoms with Crippen LogP contribution in [0.4, 0.5) is 0 Å². The summed E-state index contributed by atoms with van der Waals surface area (Å²) in [5.74, 6) is -0.161. The zero-order chi connectivity index (χ0) is 14.0. The van der Waals surface area contributed by atoms with Crippen LogP contribution in [0.1, 0.15) is 46.0 Å². The van der Waals surface area contributed by atoms with Crippen molar-refractivity contribution in [1.29, 1.82) is 0 Å². The fraction of sp³-hybridized carbons (Fsp3) is 0.846. The average Bonchev–Trinajstić information content (AvgIpc) is 2.35. The van der Waals surface area contributed by atoms with Crippen LogP contribution in [-0.4, -0.2) is 37.0 Å². The number of methoxy groups -OCH3 is 1. The Bertz CT molecular complexity index is 264. The SMILES string of the molecule is COC(=O)C(C)(C)OCCCCCCC(=O)CCl. The van der Waals surface area contributed by atoms with E-state index < -0.39 is 5.60 Å². The van der Waals surface area contributed by atoms with E-state index in [1.165, 1.54) is 7.11 Å². The zero-order valence-corrected chi connectivity index (χ0v) is 12.2. The van der Waals surface area contributed by atoms with Crippen molar-refractivity contribution >= 4 is 23.4 Å². The van der Waals surface area contributed by atoms with Gasteiger partial charge in [-0.1, -0.05) is 12.8 Å². The summed E-state index contributed by atoms with van der Waals surface area (Å²) in [4.78, 5) is 22.2. The Morgan fingerprint density at radius 3 is 2.28 bits per heavy atom. The topological polar surface area (TPSA) is 52.6 Å². The van der Waals surface area contributed by atoms with E-state index >= 15 is 0 Å². The Kier molecular flexibility index (Phi) is 9.02. The normalized spacial score (nSPS) is 11.3. The first-order valence-electron chi connectivity index (χ1n) is 6.24. The Hall–Kier alpha value is -0.610. The number of ketones is 1. The van der Waals surface area contributed by atoms with E-state index in [1.807, 2.05) is 0 Å². The number of halogens is 1. The van der Waals surface area contributed by atoms with E-state index in [4.69, 9.17) is 16.3 Å². The molecule has 0 aromatic heterocycles. The monoisotopic (exact) mass is 278 g/mol. The summed E-state index contributed by atoms with van der Waals surface area (Å²) >= 11 is 5.39. The van der Waals surface area contributed by atoms with Crippen LogP contribution in [0.3, 0.4) is 0 Å². The summed E-state index contributed by atoms with van der Waals surface area (Å²) in [5, 5.41) is 0. The van der Waals surface area contributed by atoms with Gasteiger partial charge in [0.2, 0.25) is 0 Å². The van der Waals surface area contributed by atoms with Gasteiger partial charge >= 0.3 is 5.97 Å². The Labute approximate surface area is 114 Å². The van der Waals surface area contributed by atoms with Crippen LogP contribution in [0, 0.1) is 0 Å². The maximum atomic E-state index is 11.3. The van der Waals surface area contributed by atoms with Crippen LogP contribution in [0.15, 0.2) is 0 Å². The number of hydrogen-bond donors (Lipinski definition) is 0. The van der Waals surface area contributed by atoms with Crippen molar-refractivity contribution < 1.29 is 19.1 Å². The van der Waals surface area contributed by atoms with Gasteiger partial charge in [-0.25, -0.2) is 4.79 Å². The van der Waals surface area contributed by atoms with Gasteiger partial charge in [-0.05, 0) is 26.7 Å². The highest BCUT2D eigenvalue weighted by atomic mass is 35.5. The highest BCUT2D eigenvalue weighted by Gasteiger charge is 2.29. The van der Waals surface area contributed by atoms with Crippen molar-refractivity contribution in [3.63, 3.8) is 0 Å². The second kappa shape index (κ2) is 9.34. The van der Waals surface area contributed by atoms with Crippen LogP contribution >= 0.6 is 11.6 Å². The van der Waals surface area contributed by atoms with Crippen molar-refractivity contribution in [3.05, 3.63) is 0 Å². The van der Waals surface area contributed by atoms with Gasteiger partial charge in [0.15, 0.2) is 5.60 Å². The third kappa shape index (κ3) is 7.67. The van der Waals surface area contributed by atoms with Gasteiger partial charge in [-0.3, -0.25) is 4.79 Å². The number of carbonyl (C=O) groups excluding carboxylic acids is 2. The summed E-state index contributed by atoms with van der Waals surface area (Å²) < 4.78 is 10.1. The quantitative estimate of drug-likeness (QED) is 0.350. The first-order valence-corrected chi connectivity index (χ1v) is 6.77. The second-order valence-electron chi connectivity index (χ2n) is 4.69. The van der Waals surface area contributed by atoms with Gasteiger partial charge in [0.1, 0.15) is 5.78 Å². The third-order valence-corrected chi connectivity index (χ3v) is 2.94. The van der Waals surface area contributed by atoms with Crippen LogP contribution in [0.5, 0.6) is 0 Å². The molecule has 0 spiro atoms. The second-order valence-corrected chi connectivity index (χ2v) is 4.95. The molecule has 4 nitrogen and oxygen atoms in total. The molecule has 0 aliphatic carbocycles. The molecule has 0 aliphatic rings. The number of alkyl halides is 1. The smallest absolute Gasteiger partial charge is 0.337 e. The van der Waals surface area contributed by atoms with Gasteiger partial charge in [-0.2, -0.15) is 0 Å². The summed E-state index contributed by atoms with van der Waals surface area (Å²) in [6.45, 7) is 3.90. The first-order chi connectivity index (χ1) is 8.44. The van der Waals surface area contributed by atoms with E-state index in [1.54, 1.807) is 13.8 Å². The molecular weight excluding hydrogens is 256 g/mol. The maximum Gasteiger partial charge on any atom is 0.337 e. The van der Waals surface area contributed by atoms with Gasteiger partial charge in [0.05, 0.1) is 13.0 Å². The van der Waals surface area contributed by atoms with Crippen molar-refractivity contribution in [2.24, 2.45) is 0 Å². The van der Waals surface area contributed by atoms with E-state index in [2.05, 4.69) is 4.74 Å². The number of carbonyl (C=O) groups is 2. The molecule has 0 aromatic rings. The molecule has 0 saturated heterocycles. The lowest BCUT2D eigenvalue weighted by Gasteiger charge is -2.22.